The van der Waals surface area contributed by atoms with Crippen LogP contribution in [0.25, 0.3) is 0 Å². The van der Waals surface area contributed by atoms with Gasteiger partial charge in [0.25, 0.3) is 5.91 Å². The van der Waals surface area contributed by atoms with Gasteiger partial charge in [0, 0.05) is 5.56 Å². The van der Waals surface area contributed by atoms with E-state index in [1.54, 1.807) is 0 Å². The zero-order valence-corrected chi connectivity index (χ0v) is 9.39. The summed E-state index contributed by atoms with van der Waals surface area (Å²) in [7, 11) is 0. The standard InChI is InChI=1S/C15H13NO/c17-15-13-9-5-4-8-12(13)14(16-15)10-11-6-2-1-3-7-11/h1-9,14H,10H2,(H,16,17). The SMILES string of the molecule is O=C1NC(Cc2ccccc2)c2ccccc21. The van der Waals surface area contributed by atoms with Crippen LogP contribution in [0, 0.1) is 0 Å². The first-order valence-electron chi connectivity index (χ1n) is 5.78. The number of nitrogens with one attached hydrogen (secondary N) is 1. The van der Waals surface area contributed by atoms with E-state index in [2.05, 4.69) is 17.4 Å². The molecule has 0 saturated carbocycles. The number of carbonyl (C=O) groups excluding carboxylic acids is 1. The number of benzene rings is 2. The van der Waals surface area contributed by atoms with E-state index in [9.17, 15) is 4.79 Å². The van der Waals surface area contributed by atoms with Crippen LogP contribution in [0.15, 0.2) is 54.6 Å². The highest BCUT2D eigenvalue weighted by molar-refractivity contribution is 5.99. The molecule has 84 valence electrons. The first-order valence-corrected chi connectivity index (χ1v) is 5.78. The zero-order valence-electron chi connectivity index (χ0n) is 9.39. The predicted octanol–water partition coefficient (Wildman–Crippen LogP) is 2.71. The van der Waals surface area contributed by atoms with Crippen LogP contribution in [0.5, 0.6) is 0 Å². The second-order valence-corrected chi connectivity index (χ2v) is 4.30. The smallest absolute Gasteiger partial charge is 0.252 e. The molecular weight excluding hydrogens is 210 g/mol. The molecule has 0 aromatic heterocycles. The first-order chi connectivity index (χ1) is 8.34. The summed E-state index contributed by atoms with van der Waals surface area (Å²) in [6.45, 7) is 0. The van der Waals surface area contributed by atoms with Gasteiger partial charge < -0.3 is 5.32 Å². The molecule has 1 heterocycles. The summed E-state index contributed by atoms with van der Waals surface area (Å²) >= 11 is 0. The highest BCUT2D eigenvalue weighted by Crippen LogP contribution is 2.27. The third kappa shape index (κ3) is 1.82. The molecule has 1 amide bonds. The monoisotopic (exact) mass is 223 g/mol. The van der Waals surface area contributed by atoms with Crippen molar-refractivity contribution in [1.29, 1.82) is 0 Å². The van der Waals surface area contributed by atoms with Gasteiger partial charge in [0.1, 0.15) is 0 Å². The fraction of sp³-hybridized carbons (Fsp3) is 0.133. The summed E-state index contributed by atoms with van der Waals surface area (Å²) in [5.41, 5.74) is 3.17. The molecule has 0 fully saturated rings. The predicted molar refractivity (Wildman–Crippen MR) is 66.8 cm³/mol. The molecule has 17 heavy (non-hydrogen) atoms. The van der Waals surface area contributed by atoms with Crippen molar-refractivity contribution in [3.63, 3.8) is 0 Å². The molecule has 1 atom stereocenters. The Kier molecular flexibility index (Phi) is 2.41. The number of carbonyl (C=O) groups is 1. The van der Waals surface area contributed by atoms with Crippen molar-refractivity contribution in [3.8, 4) is 0 Å². The third-order valence-electron chi connectivity index (χ3n) is 3.17. The van der Waals surface area contributed by atoms with E-state index in [0.29, 0.717) is 0 Å². The molecule has 0 spiro atoms. The van der Waals surface area contributed by atoms with Gasteiger partial charge in [-0.15, -0.1) is 0 Å². The molecule has 0 saturated heterocycles. The van der Waals surface area contributed by atoms with Gasteiger partial charge >= 0.3 is 0 Å². The van der Waals surface area contributed by atoms with Gasteiger partial charge in [-0.2, -0.15) is 0 Å². The molecule has 1 aliphatic rings. The van der Waals surface area contributed by atoms with Crippen molar-refractivity contribution < 1.29 is 4.79 Å². The summed E-state index contributed by atoms with van der Waals surface area (Å²) in [4.78, 5) is 11.8. The van der Waals surface area contributed by atoms with Gasteiger partial charge in [-0.3, -0.25) is 4.79 Å². The first kappa shape index (κ1) is 10.1. The van der Waals surface area contributed by atoms with Gasteiger partial charge in [0.05, 0.1) is 6.04 Å². The number of hydrogen-bond donors (Lipinski definition) is 1. The molecule has 2 aromatic carbocycles. The Hall–Kier alpha value is -2.09. The van der Waals surface area contributed by atoms with Crippen molar-refractivity contribution in [2.24, 2.45) is 0 Å². The highest BCUT2D eigenvalue weighted by Gasteiger charge is 2.27. The lowest BCUT2D eigenvalue weighted by molar-refractivity contribution is 0.0956. The fourth-order valence-electron chi connectivity index (χ4n) is 2.33. The molecule has 0 bridgehead atoms. The number of rotatable bonds is 2. The Morgan fingerprint density at radius 3 is 2.47 bits per heavy atom. The van der Waals surface area contributed by atoms with Gasteiger partial charge in [-0.05, 0) is 23.6 Å². The fourth-order valence-corrected chi connectivity index (χ4v) is 2.33. The Balaban J connectivity index is 1.90. The van der Waals surface area contributed by atoms with Gasteiger partial charge in [-0.1, -0.05) is 48.5 Å². The van der Waals surface area contributed by atoms with Crippen LogP contribution in [-0.4, -0.2) is 5.91 Å². The van der Waals surface area contributed by atoms with Crippen LogP contribution < -0.4 is 5.32 Å². The topological polar surface area (TPSA) is 29.1 Å². The van der Waals surface area contributed by atoms with Gasteiger partial charge in [-0.25, -0.2) is 0 Å². The van der Waals surface area contributed by atoms with Crippen molar-refractivity contribution in [2.45, 2.75) is 12.5 Å². The maximum atomic E-state index is 11.8. The molecule has 3 rings (SSSR count). The second-order valence-electron chi connectivity index (χ2n) is 4.30. The van der Waals surface area contributed by atoms with E-state index >= 15 is 0 Å². The molecule has 2 nitrogen and oxygen atoms in total. The third-order valence-corrected chi connectivity index (χ3v) is 3.17. The Morgan fingerprint density at radius 1 is 0.941 bits per heavy atom. The van der Waals surface area contributed by atoms with Crippen molar-refractivity contribution >= 4 is 5.91 Å². The van der Waals surface area contributed by atoms with E-state index in [0.717, 1.165) is 17.5 Å². The average Bonchev–Trinajstić information content (AvgIpc) is 2.69. The Bertz CT molecular complexity index is 548. The molecule has 1 N–H and O–H groups in total. The summed E-state index contributed by atoms with van der Waals surface area (Å²) in [5, 5.41) is 3.03. The van der Waals surface area contributed by atoms with Crippen molar-refractivity contribution in [1.82, 2.24) is 5.32 Å². The highest BCUT2D eigenvalue weighted by atomic mass is 16.2. The molecule has 2 heteroatoms. The molecule has 0 aliphatic carbocycles. The lowest BCUT2D eigenvalue weighted by Crippen LogP contribution is -2.20. The largest absolute Gasteiger partial charge is 0.345 e. The lowest BCUT2D eigenvalue weighted by Gasteiger charge is -2.11. The number of hydrogen-bond acceptors (Lipinski definition) is 1. The van der Waals surface area contributed by atoms with E-state index in [1.165, 1.54) is 5.56 Å². The van der Waals surface area contributed by atoms with Crippen LogP contribution in [0.3, 0.4) is 0 Å². The van der Waals surface area contributed by atoms with E-state index in [1.807, 2.05) is 42.5 Å². The number of amides is 1. The molecule has 2 aromatic rings. The van der Waals surface area contributed by atoms with Gasteiger partial charge in [0.15, 0.2) is 0 Å². The summed E-state index contributed by atoms with van der Waals surface area (Å²) in [5.74, 6) is 0.0431. The Labute approximate surface area is 100 Å². The number of fused-ring (bicyclic) bond motifs is 1. The normalized spacial score (nSPS) is 17.6. The van der Waals surface area contributed by atoms with Crippen LogP contribution in [0.4, 0.5) is 0 Å². The van der Waals surface area contributed by atoms with Gasteiger partial charge in [0.2, 0.25) is 0 Å². The minimum atomic E-state index is 0.0431. The summed E-state index contributed by atoms with van der Waals surface area (Å²) in [6, 6.07) is 18.2. The van der Waals surface area contributed by atoms with E-state index < -0.39 is 0 Å². The Morgan fingerprint density at radius 2 is 1.65 bits per heavy atom. The van der Waals surface area contributed by atoms with Crippen LogP contribution in [-0.2, 0) is 6.42 Å². The minimum Gasteiger partial charge on any atom is -0.345 e. The zero-order chi connectivity index (χ0) is 11.7. The molecule has 0 radical (unpaired) electrons. The molecule has 1 unspecified atom stereocenters. The van der Waals surface area contributed by atoms with Crippen LogP contribution in [0.2, 0.25) is 0 Å². The van der Waals surface area contributed by atoms with E-state index in [4.69, 9.17) is 0 Å². The second kappa shape index (κ2) is 4.06. The summed E-state index contributed by atoms with van der Waals surface area (Å²) in [6.07, 6.45) is 0.851. The maximum Gasteiger partial charge on any atom is 0.252 e. The van der Waals surface area contributed by atoms with E-state index in [-0.39, 0.29) is 11.9 Å². The van der Waals surface area contributed by atoms with Crippen LogP contribution in [0.1, 0.15) is 27.5 Å². The average molecular weight is 223 g/mol. The molecular formula is C15H13NO. The lowest BCUT2D eigenvalue weighted by atomic mass is 9.99. The molecule has 1 aliphatic heterocycles. The van der Waals surface area contributed by atoms with Crippen molar-refractivity contribution in [2.75, 3.05) is 0 Å². The van der Waals surface area contributed by atoms with Crippen LogP contribution >= 0.6 is 0 Å². The maximum absolute atomic E-state index is 11.8. The summed E-state index contributed by atoms with van der Waals surface area (Å²) < 4.78 is 0. The minimum absolute atomic E-state index is 0.0431. The van der Waals surface area contributed by atoms with Crippen molar-refractivity contribution in [3.05, 3.63) is 71.3 Å². The quantitative estimate of drug-likeness (QED) is 0.833.